The number of allylic oxidation sites excluding steroid dienone is 2. The van der Waals surface area contributed by atoms with E-state index in [0.717, 1.165) is 33.5 Å². The first kappa shape index (κ1) is 30.2. The fourth-order valence-corrected chi connectivity index (χ4v) is 5.35. The lowest BCUT2D eigenvalue weighted by Crippen LogP contribution is -2.27. The predicted molar refractivity (Wildman–Crippen MR) is 170 cm³/mol. The maximum absolute atomic E-state index is 15.5. The van der Waals surface area contributed by atoms with E-state index in [9.17, 15) is 14.4 Å². The number of carbonyl (C=O) groups is 1. The minimum Gasteiger partial charge on any atom is -0.496 e. The smallest absolute Gasteiger partial charge is 0.325 e. The van der Waals surface area contributed by atoms with Crippen molar-refractivity contribution >= 4 is 11.6 Å². The molecule has 0 saturated carbocycles. The van der Waals surface area contributed by atoms with Gasteiger partial charge in [0.05, 0.1) is 7.11 Å². The second kappa shape index (κ2) is 13.0. The Morgan fingerprint density at radius 2 is 1.75 bits per heavy atom. The molecule has 226 valence electrons. The minimum atomic E-state index is -0.588. The van der Waals surface area contributed by atoms with Gasteiger partial charge in [0.1, 0.15) is 11.6 Å². The highest BCUT2D eigenvalue weighted by atomic mass is 19.1. The molecule has 0 radical (unpaired) electrons. The average Bonchev–Trinajstić information content (AvgIpc) is 3.00. The van der Waals surface area contributed by atoms with E-state index in [1.54, 1.807) is 6.07 Å². The van der Waals surface area contributed by atoms with E-state index in [1.807, 2.05) is 80.5 Å². The summed E-state index contributed by atoms with van der Waals surface area (Å²) in [5.74, 6) is -0.230. The molecule has 9 nitrogen and oxygen atoms in total. The Morgan fingerprint density at radius 1 is 1.02 bits per heavy atom. The summed E-state index contributed by atoms with van der Waals surface area (Å²) in [6.07, 6.45) is 6.93. The largest absolute Gasteiger partial charge is 0.496 e. The molecule has 1 aliphatic rings. The number of halogens is 1. The van der Waals surface area contributed by atoms with Gasteiger partial charge in [0.2, 0.25) is 0 Å². The number of hydrogen-bond acceptors (Lipinski definition) is 6. The molecule has 4 N–H and O–H groups in total. The second-order valence-electron chi connectivity index (χ2n) is 10.7. The van der Waals surface area contributed by atoms with Crippen molar-refractivity contribution in [2.24, 2.45) is 0 Å². The third-order valence-corrected chi connectivity index (χ3v) is 7.75. The first-order valence-corrected chi connectivity index (χ1v) is 14.1. The van der Waals surface area contributed by atoms with Crippen LogP contribution in [-0.4, -0.2) is 41.5 Å². The number of methoxy groups -OCH3 is 1. The maximum Gasteiger partial charge on any atom is 0.325 e. The summed E-state index contributed by atoms with van der Waals surface area (Å²) in [6, 6.07) is 15.0. The summed E-state index contributed by atoms with van der Waals surface area (Å²) < 4.78 is 21.1. The van der Waals surface area contributed by atoms with E-state index in [0.29, 0.717) is 34.6 Å². The van der Waals surface area contributed by atoms with E-state index < -0.39 is 17.1 Å². The van der Waals surface area contributed by atoms with Gasteiger partial charge in [0.25, 0.3) is 11.5 Å². The molecule has 10 heteroatoms. The number of anilines is 1. The molecule has 0 bridgehead atoms. The zero-order valence-corrected chi connectivity index (χ0v) is 25.0. The van der Waals surface area contributed by atoms with Crippen molar-refractivity contribution in [1.82, 2.24) is 20.2 Å². The zero-order chi connectivity index (χ0) is 31.4. The molecule has 44 heavy (non-hydrogen) atoms. The quantitative estimate of drug-likeness (QED) is 0.221. The van der Waals surface area contributed by atoms with Crippen LogP contribution in [0.5, 0.6) is 5.75 Å². The van der Waals surface area contributed by atoms with Crippen LogP contribution in [0.4, 0.5) is 10.1 Å². The molecular weight excluding hydrogens is 561 g/mol. The Kier molecular flexibility index (Phi) is 8.91. The van der Waals surface area contributed by atoms with Crippen LogP contribution in [-0.2, 0) is 17.9 Å². The molecule has 1 aliphatic heterocycles. The molecule has 4 aromatic rings. The number of rotatable bonds is 9. The molecule has 0 fully saturated rings. The Bertz CT molecular complexity index is 1910. The lowest BCUT2D eigenvalue weighted by atomic mass is 9.90. The molecule has 0 aliphatic carbocycles. The van der Waals surface area contributed by atoms with Gasteiger partial charge in [-0.05, 0) is 77.7 Å². The normalized spacial score (nSPS) is 12.7. The van der Waals surface area contributed by atoms with Crippen LogP contribution in [0.25, 0.3) is 22.3 Å². The Morgan fingerprint density at radius 3 is 2.48 bits per heavy atom. The molecular formula is C34H34FN5O4. The predicted octanol–water partition coefficient (Wildman–Crippen LogP) is 4.78. The van der Waals surface area contributed by atoms with Crippen LogP contribution in [0.15, 0.2) is 88.2 Å². The monoisotopic (exact) mass is 595 g/mol. The average molecular weight is 596 g/mol. The number of H-pyrrole nitrogens is 2. The number of ether oxygens (including phenoxy) is 1. The SMILES string of the molecule is COc1cc(-c2cccc(-c3cccc(NC(=O)C4=CC=CN(C)C4)c3C)c2C)cc(F)c1CNCc1c[nH]c(=O)[nH]c1=O. The first-order valence-electron chi connectivity index (χ1n) is 14.1. The Balaban J connectivity index is 1.40. The number of aromatic nitrogens is 2. The third-order valence-electron chi connectivity index (χ3n) is 7.75. The Hall–Kier alpha value is -5.22. The minimum absolute atomic E-state index is 0.105. The van der Waals surface area contributed by atoms with Crippen molar-refractivity contribution in [3.05, 3.63) is 128 Å². The standard InChI is InChI=1S/C34H34FN5O4/c1-20-25(23-14-29(35)28(31(15-23)44-4)18-36-16-24-17-37-34(43)39-33(24)42)9-5-10-26(20)27-11-6-12-30(21(27)2)38-32(41)22-8-7-13-40(3)19-22/h5-15,17,36H,16,18-19H2,1-4H3,(H,38,41)(H2,37,39,42,43). The maximum atomic E-state index is 15.5. The summed E-state index contributed by atoms with van der Waals surface area (Å²) >= 11 is 0. The van der Waals surface area contributed by atoms with Gasteiger partial charge in [-0.3, -0.25) is 14.6 Å². The number of likely N-dealkylation sites (N-methyl/N-ethyl adjacent to an activating group) is 1. The van der Waals surface area contributed by atoms with Crippen LogP contribution in [0.1, 0.15) is 22.3 Å². The van der Waals surface area contributed by atoms with Crippen molar-refractivity contribution < 1.29 is 13.9 Å². The molecule has 0 saturated heterocycles. The van der Waals surface area contributed by atoms with E-state index in [-0.39, 0.29) is 19.0 Å². The number of aromatic amines is 2. The highest BCUT2D eigenvalue weighted by molar-refractivity contribution is 6.05. The van der Waals surface area contributed by atoms with E-state index >= 15 is 4.39 Å². The number of carbonyl (C=O) groups excluding carboxylic acids is 1. The van der Waals surface area contributed by atoms with Gasteiger partial charge in [-0.2, -0.15) is 0 Å². The van der Waals surface area contributed by atoms with Crippen molar-refractivity contribution in [3.8, 4) is 28.0 Å². The summed E-state index contributed by atoms with van der Waals surface area (Å²) in [6.45, 7) is 4.73. The number of hydrogen-bond donors (Lipinski definition) is 4. The summed E-state index contributed by atoms with van der Waals surface area (Å²) in [4.78, 5) is 42.7. The zero-order valence-electron chi connectivity index (χ0n) is 25.0. The van der Waals surface area contributed by atoms with Crippen LogP contribution in [0.3, 0.4) is 0 Å². The van der Waals surface area contributed by atoms with Gasteiger partial charge in [-0.1, -0.05) is 36.4 Å². The Labute approximate surface area is 254 Å². The van der Waals surface area contributed by atoms with Crippen molar-refractivity contribution in [1.29, 1.82) is 0 Å². The van der Waals surface area contributed by atoms with E-state index in [2.05, 4.69) is 20.6 Å². The van der Waals surface area contributed by atoms with Gasteiger partial charge >= 0.3 is 5.69 Å². The molecule has 1 amide bonds. The van der Waals surface area contributed by atoms with Gasteiger partial charge in [0.15, 0.2) is 0 Å². The second-order valence-corrected chi connectivity index (χ2v) is 10.7. The summed E-state index contributed by atoms with van der Waals surface area (Å²) in [5.41, 5.74) is 6.25. The number of nitrogens with one attached hydrogen (secondary N) is 4. The highest BCUT2D eigenvalue weighted by Crippen LogP contribution is 2.37. The van der Waals surface area contributed by atoms with Gasteiger partial charge in [-0.15, -0.1) is 0 Å². The molecule has 0 atom stereocenters. The summed E-state index contributed by atoms with van der Waals surface area (Å²) in [5, 5.41) is 6.11. The van der Waals surface area contributed by atoms with Crippen molar-refractivity contribution in [2.75, 3.05) is 26.0 Å². The van der Waals surface area contributed by atoms with Crippen molar-refractivity contribution in [3.63, 3.8) is 0 Å². The van der Waals surface area contributed by atoms with Gasteiger partial charge in [0, 0.05) is 55.3 Å². The number of benzene rings is 3. The molecule has 1 aromatic heterocycles. The third kappa shape index (κ3) is 6.40. The molecule has 0 spiro atoms. The molecule has 0 unspecified atom stereocenters. The van der Waals surface area contributed by atoms with E-state index in [1.165, 1.54) is 19.4 Å². The van der Waals surface area contributed by atoms with Crippen LogP contribution < -0.4 is 26.6 Å². The lowest BCUT2D eigenvalue weighted by Gasteiger charge is -2.20. The van der Waals surface area contributed by atoms with Gasteiger partial charge in [-0.25, -0.2) is 9.18 Å². The molecule has 5 rings (SSSR count). The fourth-order valence-electron chi connectivity index (χ4n) is 5.35. The van der Waals surface area contributed by atoms with Crippen LogP contribution in [0, 0.1) is 19.7 Å². The van der Waals surface area contributed by atoms with Crippen molar-refractivity contribution in [2.45, 2.75) is 26.9 Å². The van der Waals surface area contributed by atoms with Crippen LogP contribution in [0.2, 0.25) is 0 Å². The van der Waals surface area contributed by atoms with Gasteiger partial charge < -0.3 is 25.3 Å². The van der Waals surface area contributed by atoms with E-state index in [4.69, 9.17) is 4.74 Å². The highest BCUT2D eigenvalue weighted by Gasteiger charge is 2.18. The van der Waals surface area contributed by atoms with Crippen LogP contribution >= 0.6 is 0 Å². The topological polar surface area (TPSA) is 119 Å². The number of amides is 1. The lowest BCUT2D eigenvalue weighted by molar-refractivity contribution is -0.113. The summed E-state index contributed by atoms with van der Waals surface area (Å²) in [7, 11) is 3.41. The first-order chi connectivity index (χ1) is 21.2. The molecule has 3 aromatic carbocycles. The fraction of sp³-hybridized carbons (Fsp3) is 0.206. The molecule has 2 heterocycles. The number of nitrogens with zero attached hydrogens (tertiary/aromatic N) is 1.